The number of aliphatic hydroxyl groups excluding tert-OH is 1. The molecule has 0 radical (unpaired) electrons. The van der Waals surface area contributed by atoms with Gasteiger partial charge in [-0.2, -0.15) is 8.62 Å². The van der Waals surface area contributed by atoms with Gasteiger partial charge in [0.1, 0.15) is 12.3 Å². The topological polar surface area (TPSA) is 359 Å². The van der Waals surface area contributed by atoms with Crippen LogP contribution in [0.1, 0.15) is 24.6 Å². The van der Waals surface area contributed by atoms with Crippen molar-refractivity contribution >= 4 is 35.5 Å². The molecule has 0 aliphatic carbocycles. The van der Waals surface area contributed by atoms with Crippen LogP contribution in [-0.2, 0) is 55.3 Å². The van der Waals surface area contributed by atoms with Gasteiger partial charge in [-0.25, -0.2) is 18.5 Å². The van der Waals surface area contributed by atoms with Crippen molar-refractivity contribution in [3.05, 3.63) is 49.1 Å². The number of nitrogens with one attached hydrogen (secondary N) is 2. The Morgan fingerprint density at radius 1 is 1.00 bits per heavy atom. The van der Waals surface area contributed by atoms with Crippen LogP contribution in [0.3, 0.4) is 0 Å². The van der Waals surface area contributed by atoms with E-state index in [1.165, 1.54) is 12.2 Å². The van der Waals surface area contributed by atoms with E-state index >= 15 is 0 Å². The minimum absolute atomic E-state index is 0.0146. The summed E-state index contributed by atoms with van der Waals surface area (Å²) in [7, 11) is -16.8. The third kappa shape index (κ3) is 19.1. The zero-order chi connectivity index (χ0) is 37.9. The monoisotopic (exact) mass is 796 g/mol. The number of aromatic amines is 1. The van der Waals surface area contributed by atoms with Crippen LogP contribution in [0.2, 0.25) is 0 Å². The summed E-state index contributed by atoms with van der Waals surface area (Å²) < 4.78 is 73.4. The number of hydrogen-bond donors (Lipinski definition) is 7. The molecular weight excluding hydrogens is 757 g/mol. The predicted octanol–water partition coefficient (Wildman–Crippen LogP) is -0.575. The second-order valence-corrected chi connectivity index (χ2v) is 14.4. The van der Waals surface area contributed by atoms with Gasteiger partial charge in [0.25, 0.3) is 5.56 Å². The molecule has 1 aliphatic rings. The molecule has 1 amide bonds. The second kappa shape index (κ2) is 22.4. The lowest BCUT2D eigenvalue weighted by atomic mass is 10.2. The summed E-state index contributed by atoms with van der Waals surface area (Å²) in [4.78, 5) is 77.5. The zero-order valence-electron chi connectivity index (χ0n) is 26.7. The fraction of sp³-hybridized carbons (Fsp3) is 0.696. The fourth-order valence-electron chi connectivity index (χ4n) is 3.86. The number of ether oxygens (including phenoxy) is 5. The molecule has 0 saturated carbocycles. The van der Waals surface area contributed by atoms with Crippen molar-refractivity contribution in [3.63, 3.8) is 0 Å². The number of azide groups is 1. The Balaban J connectivity index is 1.70. The fourth-order valence-corrected chi connectivity index (χ4v) is 6.89. The van der Waals surface area contributed by atoms with Gasteiger partial charge in [-0.3, -0.25) is 23.7 Å². The van der Waals surface area contributed by atoms with Gasteiger partial charge in [-0.1, -0.05) is 17.3 Å². The normalized spacial score (nSPS) is 20.1. The lowest BCUT2D eigenvalue weighted by Crippen LogP contribution is -2.33. The van der Waals surface area contributed by atoms with E-state index in [0.29, 0.717) is 39.6 Å². The second-order valence-electron chi connectivity index (χ2n) is 9.93. The average Bonchev–Trinajstić information content (AvgIpc) is 3.39. The first kappa shape index (κ1) is 44.5. The zero-order valence-corrected chi connectivity index (χ0v) is 29.4. The van der Waals surface area contributed by atoms with Crippen LogP contribution < -0.4 is 16.6 Å². The summed E-state index contributed by atoms with van der Waals surface area (Å²) in [6, 6.07) is 0. The van der Waals surface area contributed by atoms with Crippen LogP contribution >= 0.6 is 23.5 Å². The quantitative estimate of drug-likeness (QED) is 0.0203. The Labute approximate surface area is 288 Å². The maximum absolute atomic E-state index is 12.4. The Kier molecular flexibility index (Phi) is 19.6. The maximum atomic E-state index is 12.4. The highest BCUT2D eigenvalue weighted by molar-refractivity contribution is 7.66. The van der Waals surface area contributed by atoms with E-state index in [4.69, 9.17) is 39.0 Å². The van der Waals surface area contributed by atoms with Crippen LogP contribution in [0.5, 0.6) is 0 Å². The molecule has 0 bridgehead atoms. The number of aliphatic hydroxyl groups is 1. The van der Waals surface area contributed by atoms with Crippen LogP contribution in [0.4, 0.5) is 0 Å². The average molecular weight is 797 g/mol. The van der Waals surface area contributed by atoms with Crippen LogP contribution in [0, 0.1) is 0 Å². The summed E-state index contributed by atoms with van der Waals surface area (Å²) in [5, 5.41) is 16.2. The molecule has 2 rings (SSSR count). The van der Waals surface area contributed by atoms with Crippen LogP contribution in [0.15, 0.2) is 27.0 Å². The highest BCUT2D eigenvalue weighted by atomic mass is 31.3. The molecule has 290 valence electrons. The van der Waals surface area contributed by atoms with Gasteiger partial charge in [0.15, 0.2) is 0 Å². The number of amides is 1. The number of aromatic nitrogens is 2. The molecule has 25 nitrogen and oxygen atoms in total. The third-order valence-electron chi connectivity index (χ3n) is 6.03. The highest BCUT2D eigenvalue weighted by Crippen LogP contribution is 2.66. The van der Waals surface area contributed by atoms with Crippen molar-refractivity contribution in [2.45, 2.75) is 31.3 Å². The van der Waals surface area contributed by atoms with E-state index in [2.05, 4.69) is 33.5 Å². The summed E-state index contributed by atoms with van der Waals surface area (Å²) in [6.45, 7) is 1.73. The molecule has 1 aromatic rings. The number of rotatable bonds is 26. The lowest BCUT2D eigenvalue weighted by molar-refractivity contribution is -0.122. The van der Waals surface area contributed by atoms with Crippen LogP contribution in [-0.4, -0.2) is 125 Å². The molecular formula is C23H39N6O19P3. The standard InChI is InChI=1S/C23H39N6O19P3/c24-28-26-5-7-42-9-11-44-13-12-43-10-8-41-6-3-20(31)25-4-1-2-17-15-29(23(33)27-22(17)32)21-14-18(30)19(46-21)16-45-50(37,38)48-51(39,40)47-49(34,35)36/h1-2,15,18-19,21,30H,3-14,16H2,(H,25,31)(H,37,38)(H,39,40)(H,27,32,33)(H2,34,35,36)/b2-1+/t18-,19+,21+/m0/s1. The number of phosphoric acid groups is 3. The van der Waals surface area contributed by atoms with Crippen molar-refractivity contribution < 1.29 is 80.0 Å². The van der Waals surface area contributed by atoms with Crippen molar-refractivity contribution in [2.75, 3.05) is 72.6 Å². The van der Waals surface area contributed by atoms with E-state index in [1.807, 2.05) is 0 Å². The van der Waals surface area contributed by atoms with E-state index in [9.17, 15) is 43.0 Å². The largest absolute Gasteiger partial charge is 0.490 e. The Morgan fingerprint density at radius 2 is 1.61 bits per heavy atom. The molecule has 1 aromatic heterocycles. The minimum Gasteiger partial charge on any atom is -0.390 e. The summed E-state index contributed by atoms with van der Waals surface area (Å²) in [5.41, 5.74) is 6.39. The van der Waals surface area contributed by atoms with Gasteiger partial charge in [-0.05, 0) is 5.53 Å². The first-order valence-electron chi connectivity index (χ1n) is 14.7. The Hall–Kier alpha value is -2.63. The van der Waals surface area contributed by atoms with Crippen LogP contribution in [0.25, 0.3) is 16.5 Å². The SMILES string of the molecule is [N-]=[N+]=NCCOCCOCCOCCOCCC(=O)NC/C=C/c1cn([C@H]2C[C@H](O)[C@@H](COP(=O)(O)OP(=O)(O)OP(=O)(O)O)O2)c(=O)[nH]c1=O. The number of carbonyl (C=O) groups excluding carboxylic acids is 1. The molecule has 7 N–H and O–H groups in total. The number of nitrogens with zero attached hydrogens (tertiary/aromatic N) is 4. The number of hydrogen-bond acceptors (Lipinski definition) is 16. The predicted molar refractivity (Wildman–Crippen MR) is 170 cm³/mol. The number of carbonyl (C=O) groups is 1. The van der Waals surface area contributed by atoms with Gasteiger partial charge in [0, 0.05) is 37.0 Å². The van der Waals surface area contributed by atoms with Gasteiger partial charge < -0.3 is 53.7 Å². The molecule has 2 unspecified atom stereocenters. The molecule has 1 aliphatic heterocycles. The number of phosphoric ester groups is 1. The molecule has 5 atom stereocenters. The van der Waals surface area contributed by atoms with Crippen molar-refractivity contribution in [1.82, 2.24) is 14.9 Å². The van der Waals surface area contributed by atoms with Gasteiger partial charge >= 0.3 is 29.2 Å². The first-order valence-corrected chi connectivity index (χ1v) is 19.3. The molecule has 2 heterocycles. The molecule has 1 fully saturated rings. The Bertz CT molecular complexity index is 1590. The van der Waals surface area contributed by atoms with Gasteiger partial charge in [0.05, 0.1) is 71.1 Å². The smallest absolute Gasteiger partial charge is 0.390 e. The van der Waals surface area contributed by atoms with Crippen molar-refractivity contribution in [3.8, 4) is 0 Å². The summed E-state index contributed by atoms with van der Waals surface area (Å²) in [6.07, 6.45) is -0.448. The highest BCUT2D eigenvalue weighted by Gasteiger charge is 2.43. The minimum atomic E-state index is -5.76. The summed E-state index contributed by atoms with van der Waals surface area (Å²) in [5.74, 6) is -0.343. The van der Waals surface area contributed by atoms with Gasteiger partial charge in [0.2, 0.25) is 5.91 Å². The Morgan fingerprint density at radius 3 is 2.22 bits per heavy atom. The number of H-pyrrole nitrogens is 1. The molecule has 28 heteroatoms. The molecule has 0 aromatic carbocycles. The van der Waals surface area contributed by atoms with E-state index in [0.717, 1.165) is 10.8 Å². The molecule has 1 saturated heterocycles. The van der Waals surface area contributed by atoms with Crippen molar-refractivity contribution in [2.24, 2.45) is 5.11 Å². The van der Waals surface area contributed by atoms with E-state index in [1.54, 1.807) is 0 Å². The molecule has 0 spiro atoms. The van der Waals surface area contributed by atoms with E-state index in [-0.39, 0.29) is 50.6 Å². The maximum Gasteiger partial charge on any atom is 0.490 e. The lowest BCUT2D eigenvalue weighted by Gasteiger charge is -2.19. The molecule has 51 heavy (non-hydrogen) atoms. The van der Waals surface area contributed by atoms with Gasteiger partial charge in [-0.15, -0.1) is 0 Å². The first-order chi connectivity index (χ1) is 24.0. The summed E-state index contributed by atoms with van der Waals surface area (Å²) >= 11 is 0. The van der Waals surface area contributed by atoms with Crippen molar-refractivity contribution in [1.29, 1.82) is 0 Å². The third-order valence-corrected chi connectivity index (χ3v) is 9.83. The van der Waals surface area contributed by atoms with E-state index < -0.39 is 59.8 Å².